The fourth-order valence-corrected chi connectivity index (χ4v) is 1.89. The smallest absolute Gasteiger partial charge is 0.220 e. The first-order valence-electron chi connectivity index (χ1n) is 6.74. The number of hydrogen-bond acceptors (Lipinski definition) is 3. The number of aliphatic hydroxyl groups is 1. The highest BCUT2D eigenvalue weighted by Gasteiger charge is 2.08. The molecule has 0 saturated heterocycles. The summed E-state index contributed by atoms with van der Waals surface area (Å²) in [6, 6.07) is 0.317. The first-order valence-corrected chi connectivity index (χ1v) is 7.32. The Bertz CT molecular complexity index is 295. The van der Waals surface area contributed by atoms with E-state index in [0.717, 1.165) is 19.3 Å². The predicted octanol–water partition coefficient (Wildman–Crippen LogP) is 2.70. The standard InChI is InChI=1S/C14H27N2O2P/c1-4-13(16-19)7-5-6-10-15-14(18)9-8-11(2)12(3)17/h4,11,13,16-17H,1,3,5-10,19H2,2H3,(H,15,18)/t11-,13?/m0/s1. The van der Waals surface area contributed by atoms with Crippen molar-refractivity contribution in [2.75, 3.05) is 6.54 Å². The highest BCUT2D eigenvalue weighted by Crippen LogP contribution is 2.11. The van der Waals surface area contributed by atoms with Crippen LogP contribution in [0, 0.1) is 5.92 Å². The lowest BCUT2D eigenvalue weighted by atomic mass is 10.0. The van der Waals surface area contributed by atoms with E-state index in [1.165, 1.54) is 0 Å². The molecule has 2 unspecified atom stereocenters. The van der Waals surface area contributed by atoms with Crippen molar-refractivity contribution < 1.29 is 9.90 Å². The molecule has 0 radical (unpaired) electrons. The molecule has 110 valence electrons. The lowest BCUT2D eigenvalue weighted by Crippen LogP contribution is -2.25. The van der Waals surface area contributed by atoms with Crippen molar-refractivity contribution in [3.05, 3.63) is 25.0 Å². The number of unbranched alkanes of at least 4 members (excludes halogenated alkanes) is 1. The molecule has 3 N–H and O–H groups in total. The van der Waals surface area contributed by atoms with Gasteiger partial charge in [0.05, 0.1) is 5.76 Å². The topological polar surface area (TPSA) is 61.4 Å². The van der Waals surface area contributed by atoms with E-state index in [-0.39, 0.29) is 17.6 Å². The van der Waals surface area contributed by atoms with Gasteiger partial charge in [0.2, 0.25) is 5.91 Å². The van der Waals surface area contributed by atoms with E-state index in [1.54, 1.807) is 0 Å². The van der Waals surface area contributed by atoms with Gasteiger partial charge >= 0.3 is 0 Å². The first-order chi connectivity index (χ1) is 9.01. The molecule has 0 aromatic heterocycles. The third-order valence-corrected chi connectivity index (χ3v) is 3.56. The van der Waals surface area contributed by atoms with Crippen LogP contribution in [0.25, 0.3) is 0 Å². The largest absolute Gasteiger partial charge is 0.513 e. The second kappa shape index (κ2) is 11.0. The van der Waals surface area contributed by atoms with Crippen LogP contribution in [-0.2, 0) is 4.79 Å². The summed E-state index contributed by atoms with van der Waals surface area (Å²) in [7, 11) is 2.49. The Morgan fingerprint density at radius 3 is 2.63 bits per heavy atom. The Labute approximate surface area is 119 Å². The maximum Gasteiger partial charge on any atom is 0.220 e. The van der Waals surface area contributed by atoms with Gasteiger partial charge in [0.25, 0.3) is 0 Å². The zero-order valence-electron chi connectivity index (χ0n) is 11.8. The summed E-state index contributed by atoms with van der Waals surface area (Å²) in [5.41, 5.74) is 0. The molecule has 0 aromatic rings. The van der Waals surface area contributed by atoms with Gasteiger partial charge in [0, 0.05) is 24.9 Å². The fourth-order valence-electron chi connectivity index (χ4n) is 1.59. The van der Waals surface area contributed by atoms with Crippen LogP contribution in [0.3, 0.4) is 0 Å². The lowest BCUT2D eigenvalue weighted by molar-refractivity contribution is -0.121. The fraction of sp³-hybridized carbons (Fsp3) is 0.643. The molecular weight excluding hydrogens is 259 g/mol. The third-order valence-electron chi connectivity index (χ3n) is 3.14. The number of hydrogen-bond donors (Lipinski definition) is 3. The minimum absolute atomic E-state index is 0.0211. The molecule has 4 nitrogen and oxygen atoms in total. The molecular formula is C14H27N2O2P. The molecule has 0 heterocycles. The van der Waals surface area contributed by atoms with E-state index in [9.17, 15) is 4.79 Å². The molecule has 0 aliphatic carbocycles. The summed E-state index contributed by atoms with van der Waals surface area (Å²) in [4.78, 5) is 11.5. The van der Waals surface area contributed by atoms with Gasteiger partial charge in [-0.2, -0.15) is 0 Å². The molecule has 19 heavy (non-hydrogen) atoms. The summed E-state index contributed by atoms with van der Waals surface area (Å²) in [5, 5.41) is 15.1. The molecule has 0 aliphatic rings. The maximum absolute atomic E-state index is 11.5. The normalized spacial score (nSPS) is 13.6. The minimum atomic E-state index is -0.0211. The lowest BCUT2D eigenvalue weighted by Gasteiger charge is -2.11. The highest BCUT2D eigenvalue weighted by molar-refractivity contribution is 7.13. The van der Waals surface area contributed by atoms with E-state index >= 15 is 0 Å². The van der Waals surface area contributed by atoms with Gasteiger partial charge in [-0.1, -0.05) is 29.0 Å². The molecule has 0 saturated carbocycles. The minimum Gasteiger partial charge on any atom is -0.513 e. The summed E-state index contributed by atoms with van der Waals surface area (Å²) >= 11 is 0. The number of carbonyl (C=O) groups is 1. The molecule has 3 atom stereocenters. The zero-order chi connectivity index (χ0) is 14.7. The number of carbonyl (C=O) groups excluding carboxylic acids is 1. The van der Waals surface area contributed by atoms with E-state index in [4.69, 9.17) is 5.11 Å². The van der Waals surface area contributed by atoms with E-state index in [2.05, 4.69) is 33.0 Å². The number of amides is 1. The summed E-state index contributed by atoms with van der Waals surface area (Å²) in [5.74, 6) is 0.165. The summed E-state index contributed by atoms with van der Waals surface area (Å²) in [6.45, 7) is 9.77. The van der Waals surface area contributed by atoms with Gasteiger partial charge in [-0.25, -0.2) is 0 Å². The van der Waals surface area contributed by atoms with E-state index < -0.39 is 0 Å². The Balaban J connectivity index is 3.53. The van der Waals surface area contributed by atoms with Crippen LogP contribution < -0.4 is 10.4 Å². The van der Waals surface area contributed by atoms with Crippen LogP contribution in [0.5, 0.6) is 0 Å². The molecule has 0 bridgehead atoms. The van der Waals surface area contributed by atoms with E-state index in [0.29, 0.717) is 25.4 Å². The average Bonchev–Trinajstić information content (AvgIpc) is 2.39. The van der Waals surface area contributed by atoms with Crippen LogP contribution in [-0.4, -0.2) is 23.6 Å². The van der Waals surface area contributed by atoms with Crippen LogP contribution in [0.2, 0.25) is 0 Å². The zero-order valence-corrected chi connectivity index (χ0v) is 13.0. The van der Waals surface area contributed by atoms with Crippen LogP contribution in [0.4, 0.5) is 0 Å². The number of nitrogens with one attached hydrogen (secondary N) is 2. The highest BCUT2D eigenvalue weighted by atomic mass is 31.0. The van der Waals surface area contributed by atoms with Crippen molar-refractivity contribution in [1.82, 2.24) is 10.4 Å². The van der Waals surface area contributed by atoms with Crippen LogP contribution >= 0.6 is 9.39 Å². The monoisotopic (exact) mass is 286 g/mol. The molecule has 1 amide bonds. The van der Waals surface area contributed by atoms with Crippen molar-refractivity contribution in [2.24, 2.45) is 5.92 Å². The Hall–Kier alpha value is -0.860. The quantitative estimate of drug-likeness (QED) is 0.237. The second-order valence-corrected chi connectivity index (χ2v) is 5.12. The van der Waals surface area contributed by atoms with Gasteiger partial charge in [0.15, 0.2) is 0 Å². The summed E-state index contributed by atoms with van der Waals surface area (Å²) in [6.07, 6.45) is 5.98. The van der Waals surface area contributed by atoms with E-state index in [1.807, 2.05) is 13.0 Å². The van der Waals surface area contributed by atoms with Crippen LogP contribution in [0.15, 0.2) is 25.0 Å². The van der Waals surface area contributed by atoms with Gasteiger partial charge in [-0.3, -0.25) is 9.88 Å². The van der Waals surface area contributed by atoms with Gasteiger partial charge < -0.3 is 10.4 Å². The Morgan fingerprint density at radius 1 is 1.42 bits per heavy atom. The molecule has 0 fully saturated rings. The first kappa shape index (κ1) is 18.1. The maximum atomic E-state index is 11.5. The predicted molar refractivity (Wildman–Crippen MR) is 83.9 cm³/mol. The van der Waals surface area contributed by atoms with Gasteiger partial charge in [0.1, 0.15) is 0 Å². The van der Waals surface area contributed by atoms with Crippen LogP contribution in [0.1, 0.15) is 39.0 Å². The van der Waals surface area contributed by atoms with Crippen molar-refractivity contribution in [2.45, 2.75) is 45.1 Å². The summed E-state index contributed by atoms with van der Waals surface area (Å²) < 4.78 is 0. The van der Waals surface area contributed by atoms with Gasteiger partial charge in [-0.05, 0) is 25.7 Å². The molecule has 0 rings (SSSR count). The molecule has 5 heteroatoms. The number of aliphatic hydroxyl groups excluding tert-OH is 1. The SMILES string of the molecule is C=CC(CCCCNC(=O)CC[C@H](C)C(=C)O)NP. The number of rotatable bonds is 11. The molecule has 0 aliphatic heterocycles. The average molecular weight is 286 g/mol. The van der Waals surface area contributed by atoms with Crippen molar-refractivity contribution >= 4 is 15.3 Å². The number of allylic oxidation sites excluding steroid dienone is 1. The second-order valence-electron chi connectivity index (χ2n) is 4.79. The Kier molecular flexibility index (Phi) is 10.5. The van der Waals surface area contributed by atoms with Crippen molar-refractivity contribution in [3.8, 4) is 0 Å². The van der Waals surface area contributed by atoms with Gasteiger partial charge in [-0.15, -0.1) is 6.58 Å². The van der Waals surface area contributed by atoms with Crippen molar-refractivity contribution in [3.63, 3.8) is 0 Å². The van der Waals surface area contributed by atoms with Crippen molar-refractivity contribution in [1.29, 1.82) is 0 Å². The molecule has 0 spiro atoms. The third kappa shape index (κ3) is 9.69. The Morgan fingerprint density at radius 2 is 2.11 bits per heavy atom. The molecule has 0 aromatic carbocycles.